The molecule has 4 heterocycles. The molecule has 36 heavy (non-hydrogen) atoms. The van der Waals surface area contributed by atoms with E-state index in [1.54, 1.807) is 0 Å². The topological polar surface area (TPSA) is 101 Å². The number of halogens is 1. The van der Waals surface area contributed by atoms with Crippen LogP contribution in [-0.2, 0) is 0 Å². The Hall–Kier alpha value is -3.34. The summed E-state index contributed by atoms with van der Waals surface area (Å²) in [5.74, 6) is 2.59. The summed E-state index contributed by atoms with van der Waals surface area (Å²) in [6, 6.07) is 9.88. The van der Waals surface area contributed by atoms with E-state index in [0.717, 1.165) is 67.4 Å². The summed E-state index contributed by atoms with van der Waals surface area (Å²) in [6.07, 6.45) is 0. The molecule has 4 aromatic rings. The van der Waals surface area contributed by atoms with Gasteiger partial charge in [-0.15, -0.1) is 0 Å². The molecule has 190 valence electrons. The maximum Gasteiger partial charge on any atom is 0.325 e. The summed E-state index contributed by atoms with van der Waals surface area (Å²) >= 11 is 6.68. The Morgan fingerprint density at radius 3 is 2.56 bits per heavy atom. The predicted octanol–water partition coefficient (Wildman–Crippen LogP) is 4.17. The van der Waals surface area contributed by atoms with Gasteiger partial charge in [0.15, 0.2) is 5.82 Å². The van der Waals surface area contributed by atoms with Crippen molar-refractivity contribution in [2.24, 2.45) is 0 Å². The average Bonchev–Trinajstić information content (AvgIpc) is 3.44. The fraction of sp³-hybridized carbons (Fsp3) is 0.400. The normalized spacial score (nSPS) is 14.7. The SMILES string of the molecule is Cc1cc(Nc2cc(N3CCN(CCN(C)C)CC3)nc(Oc3ccc4[nH]c(C)cc4c3Cl)n2)n[nH]1. The highest BCUT2D eigenvalue weighted by Crippen LogP contribution is 2.36. The van der Waals surface area contributed by atoms with Crippen molar-refractivity contribution in [3.8, 4) is 11.8 Å². The fourth-order valence-electron chi connectivity index (χ4n) is 4.31. The van der Waals surface area contributed by atoms with Crippen LogP contribution in [0, 0.1) is 13.8 Å². The Labute approximate surface area is 215 Å². The molecule has 0 aliphatic carbocycles. The highest BCUT2D eigenvalue weighted by molar-refractivity contribution is 6.37. The lowest BCUT2D eigenvalue weighted by Crippen LogP contribution is -2.48. The van der Waals surface area contributed by atoms with Crippen LogP contribution in [0.25, 0.3) is 10.9 Å². The number of anilines is 3. The Kier molecular flexibility index (Phi) is 6.99. The maximum atomic E-state index is 6.68. The minimum Gasteiger partial charge on any atom is -0.423 e. The molecule has 1 aromatic carbocycles. The number of nitrogens with one attached hydrogen (secondary N) is 3. The minimum atomic E-state index is 0.228. The number of aryl methyl sites for hydroxylation is 2. The Bertz CT molecular complexity index is 1340. The second-order valence-corrected chi connectivity index (χ2v) is 9.86. The van der Waals surface area contributed by atoms with E-state index in [1.807, 2.05) is 44.2 Å². The zero-order chi connectivity index (χ0) is 25.2. The number of H-pyrrole nitrogens is 2. The minimum absolute atomic E-state index is 0.228. The van der Waals surface area contributed by atoms with Crippen molar-refractivity contribution in [3.63, 3.8) is 0 Å². The van der Waals surface area contributed by atoms with E-state index in [9.17, 15) is 0 Å². The average molecular weight is 510 g/mol. The lowest BCUT2D eigenvalue weighted by atomic mass is 10.2. The summed E-state index contributed by atoms with van der Waals surface area (Å²) in [7, 11) is 4.21. The summed E-state index contributed by atoms with van der Waals surface area (Å²) in [6.45, 7) is 9.77. The van der Waals surface area contributed by atoms with Gasteiger partial charge in [-0.05, 0) is 46.1 Å². The molecular formula is C25H32ClN9O. The van der Waals surface area contributed by atoms with Gasteiger partial charge in [-0.25, -0.2) is 0 Å². The number of piperazine rings is 1. The van der Waals surface area contributed by atoms with E-state index in [-0.39, 0.29) is 6.01 Å². The molecule has 0 saturated carbocycles. The van der Waals surface area contributed by atoms with Crippen molar-refractivity contribution >= 4 is 40.0 Å². The molecule has 5 rings (SSSR count). The molecule has 11 heteroatoms. The van der Waals surface area contributed by atoms with Crippen LogP contribution in [0.1, 0.15) is 11.4 Å². The molecule has 0 spiro atoms. The molecule has 1 saturated heterocycles. The van der Waals surface area contributed by atoms with Gasteiger partial charge in [-0.3, -0.25) is 10.00 Å². The standard InChI is InChI=1S/C25H32ClN9O/c1-16-13-18-19(27-16)5-6-20(24(18)26)36-25-29-21(28-22-14-17(2)31-32-22)15-23(30-25)35-11-9-34(10-12-35)8-7-33(3)4/h5-6,13-15,27H,7-12H2,1-4H3,(H2,28,29,30,31,32). The van der Waals surface area contributed by atoms with Crippen molar-refractivity contribution in [2.75, 3.05) is 63.6 Å². The van der Waals surface area contributed by atoms with E-state index in [1.165, 1.54) is 0 Å². The van der Waals surface area contributed by atoms with Crippen molar-refractivity contribution in [1.82, 2.24) is 34.9 Å². The number of aromatic nitrogens is 5. The highest BCUT2D eigenvalue weighted by atomic mass is 35.5. The molecule has 0 radical (unpaired) electrons. The summed E-state index contributed by atoms with van der Waals surface area (Å²) < 4.78 is 6.15. The van der Waals surface area contributed by atoms with Gasteiger partial charge in [0, 0.05) is 73.7 Å². The van der Waals surface area contributed by atoms with Crippen molar-refractivity contribution in [1.29, 1.82) is 0 Å². The van der Waals surface area contributed by atoms with Gasteiger partial charge in [0.05, 0.1) is 5.02 Å². The van der Waals surface area contributed by atoms with Gasteiger partial charge in [-0.1, -0.05) is 11.6 Å². The zero-order valence-electron chi connectivity index (χ0n) is 21.1. The second kappa shape index (κ2) is 10.3. The number of rotatable bonds is 8. The molecular weight excluding hydrogens is 478 g/mol. The lowest BCUT2D eigenvalue weighted by Gasteiger charge is -2.35. The number of fused-ring (bicyclic) bond motifs is 1. The summed E-state index contributed by atoms with van der Waals surface area (Å²) in [5, 5.41) is 11.9. The number of ether oxygens (including phenoxy) is 1. The third-order valence-electron chi connectivity index (χ3n) is 6.25. The zero-order valence-corrected chi connectivity index (χ0v) is 21.9. The van der Waals surface area contributed by atoms with Crippen LogP contribution in [0.5, 0.6) is 11.8 Å². The van der Waals surface area contributed by atoms with E-state index in [4.69, 9.17) is 21.3 Å². The van der Waals surface area contributed by atoms with Crippen molar-refractivity contribution < 1.29 is 4.74 Å². The van der Waals surface area contributed by atoms with Crippen molar-refractivity contribution in [3.05, 3.63) is 46.7 Å². The van der Waals surface area contributed by atoms with Gasteiger partial charge >= 0.3 is 6.01 Å². The largest absolute Gasteiger partial charge is 0.423 e. The quantitative estimate of drug-likeness (QED) is 0.325. The third-order valence-corrected chi connectivity index (χ3v) is 6.64. The van der Waals surface area contributed by atoms with Crippen LogP contribution < -0.4 is 15.0 Å². The monoisotopic (exact) mass is 509 g/mol. The first-order valence-electron chi connectivity index (χ1n) is 12.1. The summed E-state index contributed by atoms with van der Waals surface area (Å²) in [4.78, 5) is 19.6. The third kappa shape index (κ3) is 5.56. The number of hydrogen-bond acceptors (Lipinski definition) is 8. The van der Waals surface area contributed by atoms with Gasteiger partial charge < -0.3 is 24.8 Å². The molecule has 1 aliphatic rings. The molecule has 3 N–H and O–H groups in total. The number of benzene rings is 1. The first-order chi connectivity index (χ1) is 17.3. The Morgan fingerprint density at radius 2 is 1.83 bits per heavy atom. The first kappa shape index (κ1) is 24.4. The van der Waals surface area contributed by atoms with Crippen LogP contribution in [0.3, 0.4) is 0 Å². The molecule has 0 amide bonds. The van der Waals surface area contributed by atoms with Crippen molar-refractivity contribution in [2.45, 2.75) is 13.8 Å². The molecule has 0 unspecified atom stereocenters. The summed E-state index contributed by atoms with van der Waals surface area (Å²) in [5.41, 5.74) is 2.95. The molecule has 0 atom stereocenters. The Morgan fingerprint density at radius 1 is 1.03 bits per heavy atom. The van der Waals surface area contributed by atoms with Crippen LogP contribution in [0.15, 0.2) is 30.3 Å². The van der Waals surface area contributed by atoms with Gasteiger partial charge in [0.25, 0.3) is 0 Å². The highest BCUT2D eigenvalue weighted by Gasteiger charge is 2.21. The van der Waals surface area contributed by atoms with Crippen LogP contribution >= 0.6 is 11.6 Å². The molecule has 3 aromatic heterocycles. The number of aromatic amines is 2. The van der Waals surface area contributed by atoms with Gasteiger partial charge in [-0.2, -0.15) is 15.1 Å². The van der Waals surface area contributed by atoms with Gasteiger partial charge in [0.1, 0.15) is 17.4 Å². The first-order valence-corrected chi connectivity index (χ1v) is 12.5. The van der Waals surface area contributed by atoms with E-state index in [0.29, 0.717) is 22.4 Å². The van der Waals surface area contributed by atoms with Crippen LogP contribution in [0.2, 0.25) is 5.02 Å². The number of nitrogens with zero attached hydrogens (tertiary/aromatic N) is 6. The molecule has 1 aliphatic heterocycles. The van der Waals surface area contributed by atoms with Gasteiger partial charge in [0.2, 0.25) is 0 Å². The van der Waals surface area contributed by atoms with E-state index < -0.39 is 0 Å². The lowest BCUT2D eigenvalue weighted by molar-refractivity contribution is 0.229. The van der Waals surface area contributed by atoms with E-state index >= 15 is 0 Å². The fourth-order valence-corrected chi connectivity index (χ4v) is 4.56. The predicted molar refractivity (Wildman–Crippen MR) is 144 cm³/mol. The number of likely N-dealkylation sites (N-methyl/N-ethyl adjacent to an activating group) is 1. The Balaban J connectivity index is 1.40. The van der Waals surface area contributed by atoms with E-state index in [2.05, 4.69) is 54.3 Å². The number of hydrogen-bond donors (Lipinski definition) is 3. The smallest absolute Gasteiger partial charge is 0.325 e. The van der Waals surface area contributed by atoms with Crippen LogP contribution in [0.4, 0.5) is 17.5 Å². The van der Waals surface area contributed by atoms with Crippen LogP contribution in [-0.4, -0.2) is 88.3 Å². The molecule has 0 bridgehead atoms. The maximum absolute atomic E-state index is 6.68. The molecule has 10 nitrogen and oxygen atoms in total. The second-order valence-electron chi connectivity index (χ2n) is 9.48. The molecule has 1 fully saturated rings.